The van der Waals surface area contributed by atoms with Crippen molar-refractivity contribution in [2.45, 2.75) is 20.4 Å². The van der Waals surface area contributed by atoms with Gasteiger partial charge in [-0.05, 0) is 49.7 Å². The van der Waals surface area contributed by atoms with Crippen LogP contribution in [0, 0.1) is 13.8 Å². The fourth-order valence-electron chi connectivity index (χ4n) is 3.17. The van der Waals surface area contributed by atoms with Gasteiger partial charge in [-0.2, -0.15) is 0 Å². The van der Waals surface area contributed by atoms with E-state index in [0.29, 0.717) is 29.4 Å². The first-order valence-corrected chi connectivity index (χ1v) is 8.92. The number of rotatable bonds is 6. The van der Waals surface area contributed by atoms with Crippen LogP contribution in [0.25, 0.3) is 10.9 Å². The second-order valence-electron chi connectivity index (χ2n) is 6.55. The second kappa shape index (κ2) is 8.17. The van der Waals surface area contributed by atoms with Crippen LogP contribution in [-0.2, 0) is 6.54 Å². The molecule has 0 aliphatic carbocycles. The highest BCUT2D eigenvalue weighted by atomic mass is 16.5. The minimum Gasteiger partial charge on any atom is -0.493 e. The summed E-state index contributed by atoms with van der Waals surface area (Å²) in [6.45, 7) is 4.20. The lowest BCUT2D eigenvalue weighted by molar-refractivity contribution is 0.0952. The Bertz CT molecular complexity index is 1010. The number of nitrogens with one attached hydrogen (secondary N) is 1. The maximum Gasteiger partial charge on any atom is 0.252 e. The number of aromatic nitrogens is 1. The monoisotopic (exact) mass is 380 g/mol. The quantitative estimate of drug-likeness (QED) is 0.704. The van der Waals surface area contributed by atoms with Gasteiger partial charge in [0.05, 0.1) is 32.4 Å². The molecule has 0 saturated heterocycles. The zero-order chi connectivity index (χ0) is 20.3. The van der Waals surface area contributed by atoms with Gasteiger partial charge in [-0.1, -0.05) is 11.6 Å². The predicted octanol–water partition coefficient (Wildman–Crippen LogP) is 3.81. The van der Waals surface area contributed by atoms with Crippen LogP contribution in [0.4, 0.5) is 0 Å². The number of nitrogens with zero attached hydrogens (tertiary/aromatic N) is 1. The van der Waals surface area contributed by atoms with Crippen LogP contribution in [0.1, 0.15) is 27.2 Å². The zero-order valence-corrected chi connectivity index (χ0v) is 16.8. The molecule has 1 heterocycles. The second-order valence-corrected chi connectivity index (χ2v) is 6.55. The summed E-state index contributed by atoms with van der Waals surface area (Å²) >= 11 is 0. The number of methoxy groups -OCH3 is 3. The molecule has 0 bridgehead atoms. The van der Waals surface area contributed by atoms with Crippen molar-refractivity contribution in [3.8, 4) is 17.2 Å². The molecule has 0 aliphatic rings. The van der Waals surface area contributed by atoms with Crippen LogP contribution < -0.4 is 19.5 Å². The fraction of sp³-hybridized carbons (Fsp3) is 0.273. The first-order chi connectivity index (χ1) is 13.5. The van der Waals surface area contributed by atoms with E-state index in [4.69, 9.17) is 14.2 Å². The maximum atomic E-state index is 12.9. The van der Waals surface area contributed by atoms with Gasteiger partial charge < -0.3 is 19.5 Å². The third-order valence-corrected chi connectivity index (χ3v) is 4.51. The minimum absolute atomic E-state index is 0.158. The SMILES string of the molecule is COc1cc(CNC(=O)c2cc(C)nc3ccc(C)cc23)cc(OC)c1OC. The molecule has 3 rings (SSSR count). The van der Waals surface area contributed by atoms with Gasteiger partial charge in [0.1, 0.15) is 0 Å². The molecular weight excluding hydrogens is 356 g/mol. The molecule has 1 amide bonds. The van der Waals surface area contributed by atoms with E-state index in [-0.39, 0.29) is 5.91 Å². The largest absolute Gasteiger partial charge is 0.493 e. The summed E-state index contributed by atoms with van der Waals surface area (Å²) in [4.78, 5) is 17.4. The molecule has 3 aromatic rings. The Morgan fingerprint density at radius 2 is 1.64 bits per heavy atom. The molecule has 0 aliphatic heterocycles. The lowest BCUT2D eigenvalue weighted by Crippen LogP contribution is -2.23. The number of benzene rings is 2. The molecule has 6 nitrogen and oxygen atoms in total. The number of amides is 1. The fourth-order valence-corrected chi connectivity index (χ4v) is 3.17. The Kier molecular flexibility index (Phi) is 5.68. The summed E-state index contributed by atoms with van der Waals surface area (Å²) in [5.41, 5.74) is 4.14. The van der Waals surface area contributed by atoms with E-state index >= 15 is 0 Å². The normalized spacial score (nSPS) is 10.6. The third-order valence-electron chi connectivity index (χ3n) is 4.51. The molecule has 2 aromatic carbocycles. The summed E-state index contributed by atoms with van der Waals surface area (Å²) in [7, 11) is 4.68. The van der Waals surface area contributed by atoms with Crippen molar-refractivity contribution < 1.29 is 19.0 Å². The highest BCUT2D eigenvalue weighted by Crippen LogP contribution is 2.38. The summed E-state index contributed by atoms with van der Waals surface area (Å²) in [5.74, 6) is 1.46. The number of aryl methyl sites for hydroxylation is 2. The average Bonchev–Trinajstić information content (AvgIpc) is 2.70. The van der Waals surface area contributed by atoms with E-state index in [0.717, 1.165) is 27.7 Å². The van der Waals surface area contributed by atoms with Crippen molar-refractivity contribution in [2.75, 3.05) is 21.3 Å². The van der Waals surface area contributed by atoms with E-state index < -0.39 is 0 Å². The Morgan fingerprint density at radius 1 is 0.964 bits per heavy atom. The zero-order valence-electron chi connectivity index (χ0n) is 16.8. The average molecular weight is 380 g/mol. The summed E-state index contributed by atoms with van der Waals surface area (Å²) in [6.07, 6.45) is 0. The first kappa shape index (κ1) is 19.5. The summed E-state index contributed by atoms with van der Waals surface area (Å²) in [6, 6.07) is 11.4. The van der Waals surface area contributed by atoms with Crippen LogP contribution >= 0.6 is 0 Å². The van der Waals surface area contributed by atoms with Gasteiger partial charge in [-0.25, -0.2) is 0 Å². The van der Waals surface area contributed by atoms with Gasteiger partial charge in [0.2, 0.25) is 5.75 Å². The summed E-state index contributed by atoms with van der Waals surface area (Å²) in [5, 5.41) is 3.82. The molecule has 6 heteroatoms. The number of pyridine rings is 1. The maximum absolute atomic E-state index is 12.9. The lowest BCUT2D eigenvalue weighted by atomic mass is 10.0. The molecule has 0 unspecified atom stereocenters. The van der Waals surface area contributed by atoms with Gasteiger partial charge in [-0.15, -0.1) is 0 Å². The third kappa shape index (κ3) is 3.86. The highest BCUT2D eigenvalue weighted by molar-refractivity contribution is 6.06. The summed E-state index contributed by atoms with van der Waals surface area (Å²) < 4.78 is 16.1. The van der Waals surface area contributed by atoms with E-state index in [1.54, 1.807) is 21.3 Å². The number of carbonyl (C=O) groups excluding carboxylic acids is 1. The van der Waals surface area contributed by atoms with Gasteiger partial charge >= 0.3 is 0 Å². The molecule has 0 fully saturated rings. The molecule has 0 spiro atoms. The minimum atomic E-state index is -0.158. The Hall–Kier alpha value is -3.28. The number of carbonyl (C=O) groups is 1. The van der Waals surface area contributed by atoms with Gasteiger partial charge in [0.25, 0.3) is 5.91 Å². The molecule has 1 aromatic heterocycles. The van der Waals surface area contributed by atoms with Crippen molar-refractivity contribution in [3.05, 3.63) is 58.8 Å². The Labute approximate surface area is 164 Å². The Morgan fingerprint density at radius 3 is 2.25 bits per heavy atom. The van der Waals surface area contributed by atoms with Crippen LogP contribution in [0.5, 0.6) is 17.2 Å². The van der Waals surface area contributed by atoms with Crippen molar-refractivity contribution in [1.29, 1.82) is 0 Å². The molecular formula is C22H24N2O4. The van der Waals surface area contributed by atoms with Crippen LogP contribution in [0.15, 0.2) is 36.4 Å². The number of hydrogen-bond acceptors (Lipinski definition) is 5. The smallest absolute Gasteiger partial charge is 0.252 e. The van der Waals surface area contributed by atoms with Crippen LogP contribution in [0.2, 0.25) is 0 Å². The van der Waals surface area contributed by atoms with Gasteiger partial charge in [0, 0.05) is 17.6 Å². The van der Waals surface area contributed by atoms with E-state index in [1.807, 2.05) is 50.2 Å². The highest BCUT2D eigenvalue weighted by Gasteiger charge is 2.15. The molecule has 146 valence electrons. The lowest BCUT2D eigenvalue weighted by Gasteiger charge is -2.15. The van der Waals surface area contributed by atoms with Gasteiger partial charge in [0.15, 0.2) is 11.5 Å². The van der Waals surface area contributed by atoms with Crippen molar-refractivity contribution in [1.82, 2.24) is 10.3 Å². The van der Waals surface area contributed by atoms with E-state index in [2.05, 4.69) is 10.3 Å². The van der Waals surface area contributed by atoms with Crippen molar-refractivity contribution >= 4 is 16.8 Å². The Balaban J connectivity index is 1.89. The molecule has 1 N–H and O–H groups in total. The molecule has 0 atom stereocenters. The number of ether oxygens (including phenoxy) is 3. The molecule has 0 radical (unpaired) electrons. The van der Waals surface area contributed by atoms with Crippen LogP contribution in [0.3, 0.4) is 0 Å². The van der Waals surface area contributed by atoms with Crippen molar-refractivity contribution in [2.24, 2.45) is 0 Å². The van der Waals surface area contributed by atoms with E-state index in [9.17, 15) is 4.79 Å². The predicted molar refractivity (Wildman–Crippen MR) is 108 cm³/mol. The van der Waals surface area contributed by atoms with Gasteiger partial charge in [-0.3, -0.25) is 9.78 Å². The molecule has 0 saturated carbocycles. The van der Waals surface area contributed by atoms with E-state index in [1.165, 1.54) is 0 Å². The standard InChI is InChI=1S/C22H24N2O4/c1-13-6-7-18-16(8-13)17(9-14(2)24-18)22(25)23-12-15-10-19(26-3)21(28-5)20(11-15)27-4/h6-11H,12H2,1-5H3,(H,23,25). The first-order valence-electron chi connectivity index (χ1n) is 8.92. The number of hydrogen-bond donors (Lipinski definition) is 1. The number of fused-ring (bicyclic) bond motifs is 1. The topological polar surface area (TPSA) is 69.7 Å². The van der Waals surface area contributed by atoms with Crippen LogP contribution in [-0.4, -0.2) is 32.2 Å². The van der Waals surface area contributed by atoms with Crippen molar-refractivity contribution in [3.63, 3.8) is 0 Å². The molecule has 28 heavy (non-hydrogen) atoms.